The van der Waals surface area contributed by atoms with Gasteiger partial charge in [0.15, 0.2) is 5.15 Å². The lowest BCUT2D eigenvalue weighted by molar-refractivity contribution is 1.16. The van der Waals surface area contributed by atoms with Gasteiger partial charge in [-0.25, -0.2) is 4.98 Å². The van der Waals surface area contributed by atoms with Crippen LogP contribution in [-0.2, 0) is 6.42 Å². The number of benzene rings is 1. The minimum atomic E-state index is 0.215. The van der Waals surface area contributed by atoms with Gasteiger partial charge in [0.2, 0.25) is 0 Å². The summed E-state index contributed by atoms with van der Waals surface area (Å²) in [4.78, 5) is 7.14. The minimum absolute atomic E-state index is 0.215. The van der Waals surface area contributed by atoms with Crippen molar-refractivity contribution in [2.75, 3.05) is 0 Å². The molecule has 0 saturated carbocycles. The molecule has 0 fully saturated rings. The molecule has 1 N–H and O–H groups in total. The van der Waals surface area contributed by atoms with Crippen LogP contribution >= 0.6 is 23.2 Å². The first kappa shape index (κ1) is 11.0. The maximum absolute atomic E-state index is 8.59. The number of aromatic amines is 1. The van der Waals surface area contributed by atoms with Crippen LogP contribution in [0.5, 0.6) is 0 Å². The Balaban J connectivity index is 2.42. The van der Waals surface area contributed by atoms with Crippen LogP contribution in [0.15, 0.2) is 24.3 Å². The summed E-state index contributed by atoms with van der Waals surface area (Å²) in [5.74, 6) is 0.623. The molecule has 0 spiro atoms. The summed E-state index contributed by atoms with van der Waals surface area (Å²) in [5, 5.41) is 9.55. The molecule has 3 nitrogen and oxygen atoms in total. The summed E-state index contributed by atoms with van der Waals surface area (Å²) in [6.07, 6.45) is 0.215. The average Bonchev–Trinajstić information content (AvgIpc) is 2.61. The van der Waals surface area contributed by atoms with Crippen LogP contribution in [0.2, 0.25) is 10.2 Å². The van der Waals surface area contributed by atoms with Crippen LogP contribution in [0, 0.1) is 11.3 Å². The van der Waals surface area contributed by atoms with Crippen molar-refractivity contribution in [3.8, 4) is 17.5 Å². The predicted molar refractivity (Wildman–Crippen MR) is 63.4 cm³/mol. The second-order valence-electron chi connectivity index (χ2n) is 3.20. The van der Waals surface area contributed by atoms with Gasteiger partial charge in [-0.1, -0.05) is 35.3 Å². The smallest absolute Gasteiger partial charge is 0.151 e. The van der Waals surface area contributed by atoms with Gasteiger partial charge in [-0.3, -0.25) is 0 Å². The van der Waals surface area contributed by atoms with E-state index >= 15 is 0 Å². The molecular weight excluding hydrogens is 245 g/mol. The Morgan fingerprint density at radius 3 is 2.88 bits per heavy atom. The van der Waals surface area contributed by atoms with Crippen LogP contribution < -0.4 is 0 Å². The molecule has 80 valence electrons. The quantitative estimate of drug-likeness (QED) is 0.889. The maximum atomic E-state index is 8.59. The Labute approximate surface area is 103 Å². The molecule has 1 aromatic heterocycles. The van der Waals surface area contributed by atoms with Crippen LogP contribution in [-0.4, -0.2) is 9.97 Å². The van der Waals surface area contributed by atoms with Gasteiger partial charge in [-0.05, 0) is 12.1 Å². The zero-order valence-electron chi connectivity index (χ0n) is 8.17. The highest BCUT2D eigenvalue weighted by Crippen LogP contribution is 2.23. The lowest BCUT2D eigenvalue weighted by Gasteiger charge is -1.96. The molecule has 0 saturated heterocycles. The Hall–Kier alpha value is -1.50. The normalized spacial score (nSPS) is 10.1. The molecule has 2 aromatic rings. The van der Waals surface area contributed by atoms with Crippen LogP contribution in [0.25, 0.3) is 11.4 Å². The average molecular weight is 252 g/mol. The van der Waals surface area contributed by atoms with Gasteiger partial charge < -0.3 is 4.98 Å². The second kappa shape index (κ2) is 4.56. The first-order valence-electron chi connectivity index (χ1n) is 4.58. The Kier molecular flexibility index (Phi) is 3.14. The molecule has 0 aliphatic rings. The molecule has 0 bridgehead atoms. The number of hydrogen-bond donors (Lipinski definition) is 1. The van der Waals surface area contributed by atoms with Gasteiger partial charge in [-0.2, -0.15) is 5.26 Å². The third kappa shape index (κ3) is 2.19. The lowest BCUT2D eigenvalue weighted by atomic mass is 10.2. The number of nitrogens with one attached hydrogen (secondary N) is 1. The van der Waals surface area contributed by atoms with Crippen molar-refractivity contribution in [2.24, 2.45) is 0 Å². The predicted octanol–water partition coefficient (Wildman–Crippen LogP) is 3.45. The van der Waals surface area contributed by atoms with Crippen molar-refractivity contribution in [3.05, 3.63) is 40.1 Å². The highest BCUT2D eigenvalue weighted by atomic mass is 35.5. The third-order valence-corrected chi connectivity index (χ3v) is 2.63. The molecule has 16 heavy (non-hydrogen) atoms. The van der Waals surface area contributed by atoms with Crippen molar-refractivity contribution in [2.45, 2.75) is 6.42 Å². The van der Waals surface area contributed by atoms with Gasteiger partial charge in [0.05, 0.1) is 18.2 Å². The number of aromatic nitrogens is 2. The van der Waals surface area contributed by atoms with Crippen molar-refractivity contribution < 1.29 is 0 Å². The van der Waals surface area contributed by atoms with Gasteiger partial charge >= 0.3 is 0 Å². The van der Waals surface area contributed by atoms with E-state index in [1.165, 1.54) is 0 Å². The number of nitrogens with zero attached hydrogens (tertiary/aromatic N) is 2. The molecule has 5 heteroatoms. The van der Waals surface area contributed by atoms with Crippen LogP contribution in [0.4, 0.5) is 0 Å². The van der Waals surface area contributed by atoms with Crippen LogP contribution in [0.1, 0.15) is 5.69 Å². The number of H-pyrrole nitrogens is 1. The van der Waals surface area contributed by atoms with Gasteiger partial charge in [0, 0.05) is 10.6 Å². The summed E-state index contributed by atoms with van der Waals surface area (Å²) in [6.45, 7) is 0. The van der Waals surface area contributed by atoms with E-state index in [2.05, 4.69) is 9.97 Å². The monoisotopic (exact) mass is 251 g/mol. The number of nitriles is 1. The second-order valence-corrected chi connectivity index (χ2v) is 3.99. The first-order valence-corrected chi connectivity index (χ1v) is 5.33. The van der Waals surface area contributed by atoms with Crippen LogP contribution in [0.3, 0.4) is 0 Å². The first-order chi connectivity index (χ1) is 7.70. The molecule has 0 unspecified atom stereocenters. The zero-order valence-corrected chi connectivity index (χ0v) is 9.68. The molecule has 0 radical (unpaired) electrons. The van der Waals surface area contributed by atoms with Crippen molar-refractivity contribution >= 4 is 23.2 Å². The largest absolute Gasteiger partial charge is 0.340 e. The van der Waals surface area contributed by atoms with Gasteiger partial charge in [-0.15, -0.1) is 0 Å². The fourth-order valence-electron chi connectivity index (χ4n) is 1.36. The molecule has 0 aliphatic heterocycles. The fraction of sp³-hybridized carbons (Fsp3) is 0.0909. The van der Waals surface area contributed by atoms with E-state index in [-0.39, 0.29) is 6.42 Å². The Bertz CT molecular complexity index is 555. The summed E-state index contributed by atoms with van der Waals surface area (Å²) >= 11 is 11.8. The summed E-state index contributed by atoms with van der Waals surface area (Å²) < 4.78 is 0. The molecule has 2 rings (SSSR count). The van der Waals surface area contributed by atoms with Crippen molar-refractivity contribution in [3.63, 3.8) is 0 Å². The summed E-state index contributed by atoms with van der Waals surface area (Å²) in [7, 11) is 0. The van der Waals surface area contributed by atoms with E-state index in [4.69, 9.17) is 28.5 Å². The Morgan fingerprint density at radius 1 is 1.38 bits per heavy atom. The van der Waals surface area contributed by atoms with Gasteiger partial charge in [0.25, 0.3) is 0 Å². The molecule has 0 atom stereocenters. The summed E-state index contributed by atoms with van der Waals surface area (Å²) in [5.41, 5.74) is 1.47. The Morgan fingerprint density at radius 2 is 2.19 bits per heavy atom. The molecule has 1 aromatic carbocycles. The van der Waals surface area contributed by atoms with E-state index in [9.17, 15) is 0 Å². The molecule has 0 aliphatic carbocycles. The highest BCUT2D eigenvalue weighted by Gasteiger charge is 2.09. The van der Waals surface area contributed by atoms with Crippen molar-refractivity contribution in [1.29, 1.82) is 5.26 Å². The highest BCUT2D eigenvalue weighted by molar-refractivity contribution is 6.31. The van der Waals surface area contributed by atoms with Crippen molar-refractivity contribution in [1.82, 2.24) is 9.97 Å². The van der Waals surface area contributed by atoms with E-state index in [0.29, 0.717) is 21.7 Å². The zero-order chi connectivity index (χ0) is 11.5. The number of rotatable bonds is 2. The van der Waals surface area contributed by atoms with E-state index in [1.54, 1.807) is 12.1 Å². The summed E-state index contributed by atoms with van der Waals surface area (Å²) in [6, 6.07) is 9.29. The molecule has 0 amide bonds. The molecule has 1 heterocycles. The fourth-order valence-corrected chi connectivity index (χ4v) is 1.75. The molecular formula is C11H7Cl2N3. The lowest BCUT2D eigenvalue weighted by Crippen LogP contribution is -1.83. The SMILES string of the molecule is N#CCc1[nH]c(-c2cccc(Cl)c2)nc1Cl. The standard InChI is InChI=1S/C11H7Cl2N3/c12-8-3-1-2-7(6-8)11-15-9(4-5-14)10(13)16-11/h1-3,6H,4H2,(H,15,16). The van der Waals surface area contributed by atoms with E-state index in [1.807, 2.05) is 18.2 Å². The van der Waals surface area contributed by atoms with E-state index < -0.39 is 0 Å². The number of halogens is 2. The number of imidazole rings is 1. The number of hydrogen-bond acceptors (Lipinski definition) is 2. The van der Waals surface area contributed by atoms with Gasteiger partial charge in [0.1, 0.15) is 5.82 Å². The topological polar surface area (TPSA) is 52.5 Å². The maximum Gasteiger partial charge on any atom is 0.151 e. The minimum Gasteiger partial charge on any atom is -0.340 e. The van der Waals surface area contributed by atoms with E-state index in [0.717, 1.165) is 5.56 Å². The third-order valence-electron chi connectivity index (χ3n) is 2.08.